The molecule has 0 aromatic rings. The number of hydrogen-bond acceptors (Lipinski definition) is 3. The third kappa shape index (κ3) is 4.42. The van der Waals surface area contributed by atoms with Crippen LogP contribution in [0.25, 0.3) is 0 Å². The van der Waals surface area contributed by atoms with E-state index >= 15 is 0 Å². The van der Waals surface area contributed by atoms with Gasteiger partial charge in [0.1, 0.15) is 0 Å². The van der Waals surface area contributed by atoms with E-state index in [0.29, 0.717) is 16.2 Å². The molecule has 1 aliphatic rings. The molecule has 60 valence electrons. The summed E-state index contributed by atoms with van der Waals surface area (Å²) in [4.78, 5) is 0. The van der Waals surface area contributed by atoms with Crippen LogP contribution in [0.1, 0.15) is 19.3 Å². The van der Waals surface area contributed by atoms with Crippen molar-refractivity contribution in [3.63, 3.8) is 0 Å². The van der Waals surface area contributed by atoms with E-state index in [-0.39, 0.29) is 4.09 Å². The molecule has 3 nitrogen and oxygen atoms in total. The molecule has 1 rings (SSSR count). The van der Waals surface area contributed by atoms with Crippen LogP contribution in [0.15, 0.2) is 0 Å². The first-order chi connectivity index (χ1) is 5.27. The van der Waals surface area contributed by atoms with Crippen molar-refractivity contribution in [2.24, 2.45) is 0 Å². The summed E-state index contributed by atoms with van der Waals surface area (Å²) in [6.07, 6.45) is 3.40. The third-order valence-electron chi connectivity index (χ3n) is 1.75. The van der Waals surface area contributed by atoms with Crippen molar-refractivity contribution >= 4 is 41.6 Å². The quantitative estimate of drug-likeness (QED) is 0.485. The molecule has 0 saturated carbocycles. The number of hydrogen-bond donors (Lipinski definition) is 0. The van der Waals surface area contributed by atoms with Crippen LogP contribution in [0.2, 0.25) is 0 Å². The zero-order valence-corrected chi connectivity index (χ0v) is 11.4. The molecule has 0 aromatic carbocycles. The summed E-state index contributed by atoms with van der Waals surface area (Å²) in [5, 5.41) is 0. The van der Waals surface area contributed by atoms with E-state index in [1.165, 1.54) is 6.42 Å². The van der Waals surface area contributed by atoms with Gasteiger partial charge in [-0.15, -0.1) is 0 Å². The molecule has 6 heteroatoms. The molecule has 0 aromatic heterocycles. The molecule has 0 radical (unpaired) electrons. The first kappa shape index (κ1) is 11.8. The zero-order chi connectivity index (χ0) is 8.74. The minimum atomic E-state index is -0.695. The second-order valence-electron chi connectivity index (χ2n) is 2.74. The van der Waals surface area contributed by atoms with Crippen LogP contribution in [-0.4, -0.2) is 52.3 Å². The van der Waals surface area contributed by atoms with E-state index in [1.54, 1.807) is 0 Å². The average Bonchev–Trinajstić information content (AvgIpc) is 2.10. The van der Waals surface area contributed by atoms with Crippen LogP contribution < -0.4 is 0 Å². The topological polar surface area (TPSA) is 43.4 Å². The van der Waals surface area contributed by atoms with Crippen LogP contribution in [0.3, 0.4) is 0 Å². The Morgan fingerprint density at radius 1 is 1.45 bits per heavy atom. The van der Waals surface area contributed by atoms with Crippen LogP contribution in [0.5, 0.6) is 0 Å². The van der Waals surface area contributed by atoms with Gasteiger partial charge in [-0.25, -0.2) is 0 Å². The molecule has 0 amide bonds. The van der Waals surface area contributed by atoms with E-state index in [9.17, 15) is 3.80 Å². The first-order valence-electron chi connectivity index (χ1n) is 3.66. The SMILES string of the molecule is [O]=[AlH].[O]=[Al][C]1([SiH3])CCCCO1. The van der Waals surface area contributed by atoms with E-state index in [2.05, 4.69) is 0 Å². The molecule has 1 fully saturated rings. The van der Waals surface area contributed by atoms with Crippen molar-refractivity contribution in [2.45, 2.75) is 23.3 Å². The molecule has 0 N–H and O–H groups in total. The van der Waals surface area contributed by atoms with Gasteiger partial charge in [0.05, 0.1) is 0 Å². The Kier molecular flexibility index (Phi) is 6.86. The molecule has 0 aliphatic carbocycles. The average molecular weight is 202 g/mol. The fourth-order valence-corrected chi connectivity index (χ4v) is 2.11. The van der Waals surface area contributed by atoms with Gasteiger partial charge in [0, 0.05) is 0 Å². The van der Waals surface area contributed by atoms with Gasteiger partial charge in [0.2, 0.25) is 0 Å². The molecule has 1 saturated heterocycles. The normalized spacial score (nSPS) is 29.7. The van der Waals surface area contributed by atoms with Crippen LogP contribution in [-0.2, 0) is 12.3 Å². The van der Waals surface area contributed by atoms with Crippen molar-refractivity contribution in [3.8, 4) is 0 Å². The summed E-state index contributed by atoms with van der Waals surface area (Å²) >= 11 is -0.0835. The summed E-state index contributed by atoms with van der Waals surface area (Å²) in [6, 6.07) is 0. The van der Waals surface area contributed by atoms with Crippen molar-refractivity contribution in [2.75, 3.05) is 6.61 Å². The Hall–Kier alpha value is 0.842. The van der Waals surface area contributed by atoms with Crippen molar-refractivity contribution in [1.82, 2.24) is 0 Å². The monoisotopic (exact) mass is 202 g/mol. The van der Waals surface area contributed by atoms with Crippen molar-refractivity contribution < 1.29 is 12.3 Å². The van der Waals surface area contributed by atoms with Crippen molar-refractivity contribution in [1.29, 1.82) is 0 Å². The van der Waals surface area contributed by atoms with Gasteiger partial charge in [-0.1, -0.05) is 0 Å². The number of rotatable bonds is 1. The maximum atomic E-state index is 10.6. The Balaban J connectivity index is 0.000000461. The third-order valence-corrected chi connectivity index (χ3v) is 4.20. The van der Waals surface area contributed by atoms with Crippen LogP contribution >= 0.6 is 0 Å². The Labute approximate surface area is 83.9 Å². The molecule has 0 spiro atoms. The summed E-state index contributed by atoms with van der Waals surface area (Å²) in [5.41, 5.74) is 0. The Morgan fingerprint density at radius 3 is 2.36 bits per heavy atom. The van der Waals surface area contributed by atoms with Gasteiger partial charge in [0.15, 0.2) is 0 Å². The van der Waals surface area contributed by atoms with Gasteiger partial charge in [-0.05, 0) is 0 Å². The summed E-state index contributed by atoms with van der Waals surface area (Å²) in [7, 11) is 0.933. The molecule has 1 heterocycles. The number of ether oxygens (including phenoxy) is 1. The van der Waals surface area contributed by atoms with E-state index in [4.69, 9.17) is 8.54 Å². The zero-order valence-electron chi connectivity index (χ0n) is 6.84. The first-order valence-corrected chi connectivity index (χ1v) is 6.29. The molecule has 0 bridgehead atoms. The predicted octanol–water partition coefficient (Wildman–Crippen LogP) is -1.51. The predicted molar refractivity (Wildman–Crippen MR) is 46.7 cm³/mol. The molecular formula is C5H12Al2O3Si. The second kappa shape index (κ2) is 6.37. The molecule has 1 unspecified atom stereocenters. The second-order valence-corrected chi connectivity index (χ2v) is 7.04. The fraction of sp³-hybridized carbons (Fsp3) is 1.00. The summed E-state index contributed by atoms with van der Waals surface area (Å²) < 4.78 is 24.2. The minimum absolute atomic E-state index is 0.113. The van der Waals surface area contributed by atoms with Crippen molar-refractivity contribution in [3.05, 3.63) is 0 Å². The summed E-state index contributed by atoms with van der Waals surface area (Å²) in [5.74, 6) is 0. The standard InChI is InChI=1S/C5H11OSi.2Al.2O.H/c7-5-3-1-2-4-6-5;;;;;/h1-4H2,7H3;;;;;. The van der Waals surface area contributed by atoms with Gasteiger partial charge in [0.25, 0.3) is 0 Å². The Morgan fingerprint density at radius 2 is 2.09 bits per heavy atom. The van der Waals surface area contributed by atoms with Gasteiger partial charge in [-0.2, -0.15) is 0 Å². The van der Waals surface area contributed by atoms with E-state index in [1.807, 2.05) is 0 Å². The van der Waals surface area contributed by atoms with E-state index < -0.39 is 15.2 Å². The van der Waals surface area contributed by atoms with Crippen LogP contribution in [0.4, 0.5) is 0 Å². The van der Waals surface area contributed by atoms with Gasteiger partial charge < -0.3 is 0 Å². The fourth-order valence-electron chi connectivity index (χ4n) is 1.05. The molecule has 1 aliphatic heterocycles. The molecule has 11 heavy (non-hydrogen) atoms. The maximum absolute atomic E-state index is 10.6. The molecule has 1 atom stereocenters. The Bertz CT molecular complexity index is 127. The van der Waals surface area contributed by atoms with Gasteiger partial charge in [-0.3, -0.25) is 0 Å². The molecular weight excluding hydrogens is 190 g/mol. The summed E-state index contributed by atoms with van der Waals surface area (Å²) in [6.45, 7) is 0.832. The van der Waals surface area contributed by atoms with E-state index in [0.717, 1.165) is 29.7 Å². The van der Waals surface area contributed by atoms with Gasteiger partial charge >= 0.3 is 83.9 Å². The van der Waals surface area contributed by atoms with Crippen LogP contribution in [0, 0.1) is 0 Å².